The van der Waals surface area contributed by atoms with Gasteiger partial charge in [-0.25, -0.2) is 14.0 Å². The van der Waals surface area contributed by atoms with Crippen LogP contribution in [0.3, 0.4) is 0 Å². The van der Waals surface area contributed by atoms with E-state index < -0.39 is 0 Å². The van der Waals surface area contributed by atoms with E-state index in [1.54, 1.807) is 0 Å². The highest BCUT2D eigenvalue weighted by molar-refractivity contribution is 5.89. The van der Waals surface area contributed by atoms with Gasteiger partial charge < -0.3 is 14.7 Å². The van der Waals surface area contributed by atoms with Gasteiger partial charge in [-0.3, -0.25) is 0 Å². The van der Waals surface area contributed by atoms with E-state index in [2.05, 4.69) is 293 Å². The van der Waals surface area contributed by atoms with E-state index in [1.165, 1.54) is 67.5 Å². The van der Waals surface area contributed by atoms with E-state index in [0.717, 1.165) is 50.8 Å². The summed E-state index contributed by atoms with van der Waals surface area (Å²) in [5.74, 6) is 0. The van der Waals surface area contributed by atoms with Gasteiger partial charge in [-0.1, -0.05) is 166 Å². The van der Waals surface area contributed by atoms with Crippen LogP contribution in [-0.2, 0) is 16.2 Å². The number of hydrogen-bond acceptors (Lipinski definition) is 9. The number of fused-ring (bicyclic) bond motifs is 6. The number of benzene rings is 10. The largest absolute Gasteiger partial charge is 0.310 e. The van der Waals surface area contributed by atoms with Gasteiger partial charge in [-0.2, -0.15) is 0 Å². The molecule has 0 saturated heterocycles. The molecule has 3 aromatic heterocycles. The molecule has 16 rings (SSSR count). The Bertz CT molecular complexity index is 4170. The van der Waals surface area contributed by atoms with Crippen molar-refractivity contribution in [1.82, 2.24) is 45.0 Å². The van der Waals surface area contributed by atoms with Gasteiger partial charge in [0.25, 0.3) is 0 Å². The molecule has 0 atom stereocenters. The van der Waals surface area contributed by atoms with Gasteiger partial charge in [0, 0.05) is 50.0 Å². The molecule has 0 bridgehead atoms. The summed E-state index contributed by atoms with van der Waals surface area (Å²) < 4.78 is 5.49. The SMILES string of the molecule is CC1(C)c2ccccc2N(c2ccc(-n3cc(-c4cc(-c5cn(-c6ccc(N7c8ccccc8C(C)(C)c8ccccc87)cc6)nn5)cc(-c5cn(-c6ccc(N7c8ccccc8C(C)(C)c8ccccc87)cc6)nn5)c4)nn3)cc2)c2ccccc21. The van der Waals surface area contributed by atoms with E-state index in [1.807, 2.05) is 32.6 Å². The average molecular weight is 1130 g/mol. The van der Waals surface area contributed by atoms with Crippen molar-refractivity contribution in [3.8, 4) is 50.8 Å². The third-order valence-electron chi connectivity index (χ3n) is 18.3. The van der Waals surface area contributed by atoms with Crippen molar-refractivity contribution < 1.29 is 0 Å². The maximum absolute atomic E-state index is 4.80. The molecular formula is C75H60N12. The molecule has 0 aliphatic carbocycles. The van der Waals surface area contributed by atoms with Gasteiger partial charge in [0.1, 0.15) is 17.1 Å². The van der Waals surface area contributed by atoms with Crippen LogP contribution in [0.2, 0.25) is 0 Å². The summed E-state index contributed by atoms with van der Waals surface area (Å²) in [5, 5.41) is 28.6. The van der Waals surface area contributed by atoms with Crippen molar-refractivity contribution in [2.75, 3.05) is 14.7 Å². The standard InChI is InChI=1S/C75H60N12/c1-73(2)58-19-7-13-25-67(58)85(68-26-14-8-20-59(68)73)55-37-31-52(32-38-55)82-46-64(76-79-82)49-43-50(65-47-83(80-77-65)53-33-39-56(40-34-53)86-69-27-15-9-21-60(69)74(3,4)61-22-10-16-28-70(61)86)45-51(44-49)66-48-84(81-78-66)54-35-41-57(42-36-54)87-71-29-17-11-23-62(71)75(5,6)63-24-12-18-30-72(63)87/h7-48H,1-6H3. The predicted molar refractivity (Wildman–Crippen MR) is 348 cm³/mol. The molecule has 3 aliphatic heterocycles. The maximum atomic E-state index is 4.80. The predicted octanol–water partition coefficient (Wildman–Crippen LogP) is 17.8. The van der Waals surface area contributed by atoms with Gasteiger partial charge >= 0.3 is 0 Å². The monoisotopic (exact) mass is 1130 g/mol. The second kappa shape index (κ2) is 19.5. The zero-order valence-electron chi connectivity index (χ0n) is 49.1. The lowest BCUT2D eigenvalue weighted by molar-refractivity contribution is 0.631. The molecule has 0 spiro atoms. The topological polar surface area (TPSA) is 102 Å². The number of rotatable bonds is 9. The van der Waals surface area contributed by atoms with Gasteiger partial charge in [-0.05, 0) is 161 Å². The first-order valence-electron chi connectivity index (χ1n) is 29.6. The third-order valence-corrected chi connectivity index (χ3v) is 18.3. The Morgan fingerprint density at radius 2 is 0.437 bits per heavy atom. The zero-order valence-corrected chi connectivity index (χ0v) is 49.1. The Balaban J connectivity index is 0.737. The average Bonchev–Trinajstić information content (AvgIpc) is 1.21. The van der Waals surface area contributed by atoms with Crippen LogP contribution in [0.25, 0.3) is 50.8 Å². The summed E-state index contributed by atoms with van der Waals surface area (Å²) in [6.45, 7) is 13.8. The first-order chi connectivity index (χ1) is 42.4. The zero-order chi connectivity index (χ0) is 58.8. The van der Waals surface area contributed by atoms with Crippen LogP contribution in [0.4, 0.5) is 51.2 Å². The molecule has 0 N–H and O–H groups in total. The lowest BCUT2D eigenvalue weighted by Crippen LogP contribution is -2.30. The molecular weight excluding hydrogens is 1070 g/mol. The minimum Gasteiger partial charge on any atom is -0.310 e. The molecule has 0 saturated carbocycles. The summed E-state index contributed by atoms with van der Waals surface area (Å²) in [5.41, 5.74) is 24.7. The van der Waals surface area contributed by atoms with Crippen molar-refractivity contribution in [1.29, 1.82) is 0 Å². The molecule has 12 heteroatoms. The summed E-state index contributed by atoms with van der Waals surface area (Å²) in [4.78, 5) is 7.08. The number of hydrogen-bond donors (Lipinski definition) is 0. The van der Waals surface area contributed by atoms with Crippen LogP contribution in [0, 0.1) is 0 Å². The van der Waals surface area contributed by atoms with Gasteiger partial charge in [0.2, 0.25) is 0 Å². The molecule has 0 unspecified atom stereocenters. The van der Waals surface area contributed by atoms with Crippen LogP contribution in [0.1, 0.15) is 74.9 Å². The lowest BCUT2D eigenvalue weighted by atomic mass is 9.73. The van der Waals surface area contributed by atoms with Crippen molar-refractivity contribution >= 4 is 51.2 Å². The Hall–Kier alpha value is -11.0. The molecule has 0 fully saturated rings. The second-order valence-electron chi connectivity index (χ2n) is 24.5. The Morgan fingerprint density at radius 1 is 0.241 bits per heavy atom. The van der Waals surface area contributed by atoms with E-state index >= 15 is 0 Å². The fourth-order valence-corrected chi connectivity index (χ4v) is 13.7. The Kier molecular flexibility index (Phi) is 11.6. The van der Waals surface area contributed by atoms with Gasteiger partial charge in [0.05, 0.1) is 69.8 Å². The minimum atomic E-state index is -0.148. The molecule has 420 valence electrons. The lowest BCUT2D eigenvalue weighted by Gasteiger charge is -2.42. The highest BCUT2D eigenvalue weighted by Gasteiger charge is 2.39. The fraction of sp³-hybridized carbons (Fsp3) is 0.120. The van der Waals surface area contributed by atoms with Crippen molar-refractivity contribution in [3.05, 3.63) is 289 Å². The molecule has 3 aliphatic rings. The van der Waals surface area contributed by atoms with Gasteiger partial charge in [0.15, 0.2) is 0 Å². The van der Waals surface area contributed by atoms with Crippen molar-refractivity contribution in [2.24, 2.45) is 0 Å². The second-order valence-corrected chi connectivity index (χ2v) is 24.5. The van der Waals surface area contributed by atoms with Crippen LogP contribution >= 0.6 is 0 Å². The number of aromatic nitrogens is 9. The normalized spacial score (nSPS) is 14.8. The minimum absolute atomic E-state index is 0.148. The molecule has 10 aromatic carbocycles. The van der Waals surface area contributed by atoms with Crippen LogP contribution in [0.5, 0.6) is 0 Å². The highest BCUT2D eigenvalue weighted by atomic mass is 15.4. The van der Waals surface area contributed by atoms with E-state index in [0.29, 0.717) is 17.1 Å². The van der Waals surface area contributed by atoms with Crippen molar-refractivity contribution in [3.63, 3.8) is 0 Å². The van der Waals surface area contributed by atoms with E-state index in [9.17, 15) is 0 Å². The van der Waals surface area contributed by atoms with E-state index in [-0.39, 0.29) is 16.2 Å². The molecule has 6 heterocycles. The maximum Gasteiger partial charge on any atom is 0.113 e. The smallest absolute Gasteiger partial charge is 0.113 e. The Labute approximate surface area is 505 Å². The van der Waals surface area contributed by atoms with Crippen LogP contribution in [-0.4, -0.2) is 45.0 Å². The Morgan fingerprint density at radius 3 is 0.655 bits per heavy atom. The summed E-state index contributed by atoms with van der Waals surface area (Å²) >= 11 is 0. The summed E-state index contributed by atoms with van der Waals surface area (Å²) in [7, 11) is 0. The van der Waals surface area contributed by atoms with E-state index in [4.69, 9.17) is 30.9 Å². The molecule has 87 heavy (non-hydrogen) atoms. The number of para-hydroxylation sites is 6. The molecule has 0 amide bonds. The number of anilines is 9. The summed E-state index contributed by atoms with van der Waals surface area (Å²) in [6, 6.07) is 84.1. The third kappa shape index (κ3) is 8.26. The van der Waals surface area contributed by atoms with Crippen molar-refractivity contribution in [2.45, 2.75) is 57.8 Å². The quantitative estimate of drug-likeness (QED) is 0.140. The number of nitrogens with zero attached hydrogens (tertiary/aromatic N) is 12. The van der Waals surface area contributed by atoms with Gasteiger partial charge in [-0.15, -0.1) is 15.3 Å². The highest BCUT2D eigenvalue weighted by Crippen LogP contribution is 2.55. The first kappa shape index (κ1) is 51.6. The fourth-order valence-electron chi connectivity index (χ4n) is 13.7. The van der Waals surface area contributed by atoms with Crippen LogP contribution < -0.4 is 14.7 Å². The molecule has 12 nitrogen and oxygen atoms in total. The summed E-state index contributed by atoms with van der Waals surface area (Å²) in [6.07, 6.45) is 5.93. The first-order valence-corrected chi connectivity index (χ1v) is 29.6. The molecule has 0 radical (unpaired) electrons. The molecule has 13 aromatic rings. The van der Waals surface area contributed by atoms with Crippen LogP contribution in [0.15, 0.2) is 255 Å².